The average Bonchev–Trinajstić information content (AvgIpc) is 2.48. The first-order valence-corrected chi connectivity index (χ1v) is 7.07. The molecule has 22 heavy (non-hydrogen) atoms. The van der Waals surface area contributed by atoms with Crippen LogP contribution in [0.15, 0.2) is 12.1 Å². The van der Waals surface area contributed by atoms with Crippen molar-refractivity contribution in [1.82, 2.24) is 0 Å². The Balaban J connectivity index is 2.83. The number of benzene rings is 1. The number of halogens is 3. The minimum atomic E-state index is -1.19. The van der Waals surface area contributed by atoms with E-state index in [1.807, 2.05) is 0 Å². The van der Waals surface area contributed by atoms with E-state index in [1.165, 1.54) is 0 Å². The molecule has 0 bridgehead atoms. The molecule has 1 N–H and O–H groups in total. The zero-order chi connectivity index (χ0) is 16.5. The number of amides is 1. The van der Waals surface area contributed by atoms with Crippen molar-refractivity contribution in [3.05, 3.63) is 23.0 Å². The van der Waals surface area contributed by atoms with Gasteiger partial charge < -0.3 is 14.8 Å². The number of rotatable bonds is 4. The molecular weight excluding hydrogens is 428 g/mol. The molecule has 0 aliphatic rings. The van der Waals surface area contributed by atoms with Crippen molar-refractivity contribution < 1.29 is 23.5 Å². The number of carbonyl (C=O) groups is 2. The number of esters is 1. The molecule has 0 radical (unpaired) electrons. The van der Waals surface area contributed by atoms with Crippen LogP contribution in [-0.4, -0.2) is 25.1 Å². The largest absolute Gasteiger partial charge is 0.479 e. The number of carbonyl (C=O) groups excluding carboxylic acids is 2. The maximum Gasteiger partial charge on any atom is 0.398 e. The molecule has 0 saturated carbocycles. The average molecular weight is 436 g/mol. The van der Waals surface area contributed by atoms with E-state index in [-0.39, 0.29) is 29.7 Å². The minimum absolute atomic E-state index is 0.0226. The van der Waals surface area contributed by atoms with Gasteiger partial charge in [-0.15, -0.1) is 6.42 Å². The van der Waals surface area contributed by atoms with Crippen LogP contribution in [0.25, 0.3) is 0 Å². The zero-order valence-corrected chi connectivity index (χ0v) is 13.8. The smallest absolute Gasteiger partial charge is 0.398 e. The molecule has 1 rings (SSSR count). The predicted molar refractivity (Wildman–Crippen MR) is 87.1 cm³/mol. The number of hydrogen-bond acceptors (Lipinski definition) is 4. The Morgan fingerprint density at radius 1 is 1.41 bits per heavy atom. The summed E-state index contributed by atoms with van der Waals surface area (Å²) in [5.74, 6) is 1.53. The summed E-state index contributed by atoms with van der Waals surface area (Å²) in [6, 6.07) is 2.04. The number of ether oxygens (including phenoxy) is 2. The number of anilines is 1. The van der Waals surface area contributed by atoms with Crippen LogP contribution in [0.2, 0.25) is 5.02 Å². The summed E-state index contributed by atoms with van der Waals surface area (Å²) >= 11 is 7.52. The second kappa shape index (κ2) is 9.13. The van der Waals surface area contributed by atoms with Gasteiger partial charge in [0.25, 0.3) is 0 Å². The second-order valence-electron chi connectivity index (χ2n) is 3.56. The van der Waals surface area contributed by atoms with E-state index in [2.05, 4.69) is 25.8 Å². The Bertz CT molecular complexity index is 691. The molecule has 0 spiro atoms. The highest BCUT2D eigenvalue weighted by atomic mass is 127. The highest BCUT2D eigenvalue weighted by molar-refractivity contribution is 14.1. The molecule has 0 aromatic heterocycles. The van der Waals surface area contributed by atoms with Gasteiger partial charge in [0.05, 0.1) is 10.7 Å². The lowest BCUT2D eigenvalue weighted by molar-refractivity contribution is -0.151. The highest BCUT2D eigenvalue weighted by Gasteiger charge is 2.18. The van der Waals surface area contributed by atoms with Crippen LogP contribution in [0, 0.1) is 28.0 Å². The van der Waals surface area contributed by atoms with Gasteiger partial charge in [-0.25, -0.2) is 9.18 Å². The van der Waals surface area contributed by atoms with E-state index in [0.717, 1.165) is 12.1 Å². The van der Waals surface area contributed by atoms with Gasteiger partial charge in [0.2, 0.25) is 0 Å². The molecule has 1 aromatic carbocycles. The van der Waals surface area contributed by atoms with Crippen LogP contribution in [0.1, 0.15) is 0 Å². The van der Waals surface area contributed by atoms with Crippen LogP contribution >= 0.6 is 34.2 Å². The third-order valence-electron chi connectivity index (χ3n) is 2.11. The van der Waals surface area contributed by atoms with E-state index < -0.39 is 17.7 Å². The van der Waals surface area contributed by atoms with Crippen LogP contribution in [0.5, 0.6) is 5.75 Å². The molecule has 0 fully saturated rings. The first-order chi connectivity index (χ1) is 10.5. The third-order valence-corrected chi connectivity index (χ3v) is 2.79. The molecule has 1 amide bonds. The lowest BCUT2D eigenvalue weighted by atomic mass is 10.2. The molecule has 0 saturated heterocycles. The van der Waals surface area contributed by atoms with Gasteiger partial charge in [0.15, 0.2) is 6.61 Å². The van der Waals surface area contributed by atoms with E-state index in [9.17, 15) is 14.0 Å². The molecule has 0 aliphatic carbocycles. The van der Waals surface area contributed by atoms with Gasteiger partial charge in [0, 0.05) is 28.7 Å². The molecule has 1 aromatic rings. The van der Waals surface area contributed by atoms with E-state index in [1.54, 1.807) is 22.6 Å². The third kappa shape index (κ3) is 5.43. The zero-order valence-electron chi connectivity index (χ0n) is 10.9. The van der Waals surface area contributed by atoms with E-state index in [0.29, 0.717) is 0 Å². The molecule has 0 atom stereocenters. The summed E-state index contributed by atoms with van der Waals surface area (Å²) in [6.45, 7) is -0.329. The number of hydrogen-bond donors (Lipinski definition) is 1. The molecule has 0 aliphatic heterocycles. The molecule has 0 unspecified atom stereocenters. The van der Waals surface area contributed by atoms with Crippen molar-refractivity contribution in [2.75, 3.05) is 18.5 Å². The summed E-state index contributed by atoms with van der Waals surface area (Å²) in [5.41, 5.74) is -0.293. The fourth-order valence-corrected chi connectivity index (χ4v) is 1.58. The highest BCUT2D eigenvalue weighted by Crippen LogP contribution is 2.30. The summed E-state index contributed by atoms with van der Waals surface area (Å²) in [7, 11) is 0. The van der Waals surface area contributed by atoms with E-state index >= 15 is 0 Å². The Labute approximate surface area is 144 Å². The van der Waals surface area contributed by atoms with Crippen LogP contribution in [-0.2, 0) is 14.3 Å². The van der Waals surface area contributed by atoms with Gasteiger partial charge >= 0.3 is 11.9 Å². The fraction of sp³-hybridized carbons (Fsp3) is 0.143. The molecule has 0 heterocycles. The standard InChI is InChI=1S/C14H8ClFINO4/c1-2-5-21-12-8-11(10(16)7-9(12)15)18-13(19)14(20)22-6-3-4-17/h1,7-8H,5-6H2,(H,18,19). The maximum atomic E-state index is 13.7. The summed E-state index contributed by atoms with van der Waals surface area (Å²) in [5, 5.41) is 2.03. The van der Waals surface area contributed by atoms with Gasteiger partial charge in [-0.1, -0.05) is 23.4 Å². The Kier molecular flexibility index (Phi) is 7.50. The summed E-state index contributed by atoms with van der Waals surface area (Å²) < 4.78 is 25.8. The normalized spacial score (nSPS) is 9.00. The lowest BCUT2D eigenvalue weighted by Crippen LogP contribution is -2.25. The second-order valence-corrected chi connectivity index (χ2v) is 4.50. The summed E-state index contributed by atoms with van der Waals surface area (Å²) in [4.78, 5) is 22.9. The van der Waals surface area contributed by atoms with Crippen molar-refractivity contribution in [3.8, 4) is 27.9 Å². The van der Waals surface area contributed by atoms with Crippen molar-refractivity contribution >= 4 is 51.8 Å². The topological polar surface area (TPSA) is 64.6 Å². The van der Waals surface area contributed by atoms with Crippen molar-refractivity contribution in [2.24, 2.45) is 0 Å². The van der Waals surface area contributed by atoms with Gasteiger partial charge in [0.1, 0.15) is 18.2 Å². The van der Waals surface area contributed by atoms with E-state index in [4.69, 9.17) is 22.8 Å². The molecule has 8 heteroatoms. The first-order valence-electron chi connectivity index (χ1n) is 5.61. The van der Waals surface area contributed by atoms with Crippen LogP contribution in [0.4, 0.5) is 10.1 Å². The SMILES string of the molecule is C#CCOc1cc(NC(=O)C(=O)OCC#CI)c(F)cc1Cl. The van der Waals surface area contributed by atoms with Crippen LogP contribution < -0.4 is 10.1 Å². The molecule has 5 nitrogen and oxygen atoms in total. The Morgan fingerprint density at radius 2 is 2.14 bits per heavy atom. The Morgan fingerprint density at radius 3 is 2.77 bits per heavy atom. The van der Waals surface area contributed by atoms with Crippen molar-refractivity contribution in [2.45, 2.75) is 0 Å². The summed E-state index contributed by atoms with van der Waals surface area (Å²) in [6.07, 6.45) is 5.04. The molecule has 114 valence electrons. The first kappa shape index (κ1) is 18.1. The van der Waals surface area contributed by atoms with Gasteiger partial charge in [-0.05, 0) is 9.99 Å². The predicted octanol–water partition coefficient (Wildman–Crippen LogP) is 2.37. The number of terminal acetylenes is 1. The lowest BCUT2D eigenvalue weighted by Gasteiger charge is -2.10. The van der Waals surface area contributed by atoms with Crippen molar-refractivity contribution in [3.63, 3.8) is 0 Å². The number of nitrogens with one attached hydrogen (secondary N) is 1. The monoisotopic (exact) mass is 435 g/mol. The van der Waals surface area contributed by atoms with Gasteiger partial charge in [-0.2, -0.15) is 0 Å². The fourth-order valence-electron chi connectivity index (χ4n) is 1.22. The van der Waals surface area contributed by atoms with Crippen molar-refractivity contribution in [1.29, 1.82) is 0 Å². The minimum Gasteiger partial charge on any atom is -0.479 e. The van der Waals surface area contributed by atoms with Crippen LogP contribution in [0.3, 0.4) is 0 Å². The maximum absolute atomic E-state index is 13.7. The molecular formula is C14H8ClFINO4. The Hall–Kier alpha value is -1.97. The van der Waals surface area contributed by atoms with Gasteiger partial charge in [-0.3, -0.25) is 4.79 Å². The quantitative estimate of drug-likeness (QED) is 0.341.